The third kappa shape index (κ3) is 4.64. The lowest BCUT2D eigenvalue weighted by Gasteiger charge is -2.14. The molecule has 24 heavy (non-hydrogen) atoms. The van der Waals surface area contributed by atoms with Gasteiger partial charge in [0, 0.05) is 10.6 Å². The first-order chi connectivity index (χ1) is 11.3. The van der Waals surface area contributed by atoms with Gasteiger partial charge in [-0.3, -0.25) is 0 Å². The number of carbonyl (C=O) groups excluding carboxylic acids is 1. The van der Waals surface area contributed by atoms with Crippen molar-refractivity contribution in [2.45, 2.75) is 19.7 Å². The molecule has 2 aromatic carbocycles. The minimum Gasteiger partial charge on any atom is -0.489 e. The molecular weight excluding hydrogens is 345 g/mol. The third-order valence-corrected chi connectivity index (χ3v) is 3.32. The summed E-state index contributed by atoms with van der Waals surface area (Å²) in [5.41, 5.74) is -0.608. The van der Waals surface area contributed by atoms with Crippen molar-refractivity contribution in [1.29, 1.82) is 0 Å². The van der Waals surface area contributed by atoms with Gasteiger partial charge >= 0.3 is 12.1 Å². The number of carbonyl (C=O) groups is 1. The second-order valence-corrected chi connectivity index (χ2v) is 5.28. The molecule has 0 aliphatic heterocycles. The Kier molecular flexibility index (Phi) is 5.72. The first-order valence-electron chi connectivity index (χ1n) is 7.07. The Morgan fingerprint density at radius 3 is 2.54 bits per heavy atom. The van der Waals surface area contributed by atoms with Crippen molar-refractivity contribution in [3.8, 4) is 5.75 Å². The van der Waals surface area contributed by atoms with E-state index in [-0.39, 0.29) is 35.1 Å². The van der Waals surface area contributed by atoms with Crippen LogP contribution in [0, 0.1) is 0 Å². The van der Waals surface area contributed by atoms with Gasteiger partial charge in [-0.25, -0.2) is 4.79 Å². The van der Waals surface area contributed by atoms with Gasteiger partial charge in [0.1, 0.15) is 12.4 Å². The van der Waals surface area contributed by atoms with Crippen LogP contribution in [0.25, 0.3) is 0 Å². The molecule has 0 N–H and O–H groups in total. The third-order valence-electron chi connectivity index (χ3n) is 3.10. The van der Waals surface area contributed by atoms with Crippen molar-refractivity contribution >= 4 is 17.6 Å². The summed E-state index contributed by atoms with van der Waals surface area (Å²) in [6.45, 7) is 1.55. The number of esters is 1. The number of ether oxygens (including phenoxy) is 2. The molecule has 0 aromatic heterocycles. The van der Waals surface area contributed by atoms with Crippen LogP contribution >= 0.6 is 11.6 Å². The van der Waals surface area contributed by atoms with Crippen LogP contribution in [0.4, 0.5) is 13.2 Å². The van der Waals surface area contributed by atoms with Crippen molar-refractivity contribution in [3.05, 3.63) is 64.2 Å². The van der Waals surface area contributed by atoms with Crippen LogP contribution in [0.5, 0.6) is 5.75 Å². The fourth-order valence-electron chi connectivity index (χ4n) is 2.06. The van der Waals surface area contributed by atoms with Gasteiger partial charge < -0.3 is 9.47 Å². The molecule has 0 fully saturated rings. The normalized spacial score (nSPS) is 11.2. The molecule has 128 valence electrons. The number of alkyl halides is 3. The summed E-state index contributed by atoms with van der Waals surface area (Å²) in [5.74, 6) is -0.400. The molecule has 0 spiro atoms. The van der Waals surface area contributed by atoms with Gasteiger partial charge in [0.25, 0.3) is 0 Å². The minimum atomic E-state index is -4.47. The Hall–Kier alpha value is -2.21. The van der Waals surface area contributed by atoms with Crippen molar-refractivity contribution in [1.82, 2.24) is 0 Å². The molecule has 2 aromatic rings. The van der Waals surface area contributed by atoms with E-state index >= 15 is 0 Å². The molecule has 0 saturated heterocycles. The van der Waals surface area contributed by atoms with Crippen LogP contribution in [-0.2, 0) is 17.5 Å². The van der Waals surface area contributed by atoms with E-state index in [4.69, 9.17) is 21.1 Å². The zero-order chi connectivity index (χ0) is 17.7. The van der Waals surface area contributed by atoms with E-state index in [0.717, 1.165) is 6.07 Å². The van der Waals surface area contributed by atoms with Crippen LogP contribution < -0.4 is 4.74 Å². The zero-order valence-corrected chi connectivity index (χ0v) is 13.4. The quantitative estimate of drug-likeness (QED) is 0.696. The lowest BCUT2D eigenvalue weighted by molar-refractivity contribution is -0.138. The van der Waals surface area contributed by atoms with Gasteiger partial charge in [0.2, 0.25) is 0 Å². The van der Waals surface area contributed by atoms with Gasteiger partial charge in [-0.1, -0.05) is 29.8 Å². The van der Waals surface area contributed by atoms with E-state index in [1.165, 1.54) is 36.4 Å². The van der Waals surface area contributed by atoms with Crippen LogP contribution in [0.15, 0.2) is 42.5 Å². The number of rotatable bonds is 5. The summed E-state index contributed by atoms with van der Waals surface area (Å²) in [6.07, 6.45) is -4.47. The molecule has 3 nitrogen and oxygen atoms in total. The van der Waals surface area contributed by atoms with E-state index in [2.05, 4.69) is 0 Å². The van der Waals surface area contributed by atoms with Gasteiger partial charge in [-0.15, -0.1) is 0 Å². The smallest absolute Gasteiger partial charge is 0.416 e. The molecule has 7 heteroatoms. The van der Waals surface area contributed by atoms with E-state index in [1.54, 1.807) is 6.92 Å². The lowest BCUT2D eigenvalue weighted by Crippen LogP contribution is -2.11. The molecule has 0 atom stereocenters. The maximum atomic E-state index is 13.0. The Labute approximate surface area is 142 Å². The molecule has 0 heterocycles. The monoisotopic (exact) mass is 358 g/mol. The molecule has 0 bridgehead atoms. The van der Waals surface area contributed by atoms with Crippen molar-refractivity contribution in [3.63, 3.8) is 0 Å². The van der Waals surface area contributed by atoms with Crippen LogP contribution in [0.3, 0.4) is 0 Å². The maximum Gasteiger partial charge on any atom is 0.416 e. The SMILES string of the molecule is CCOC(=O)c1cc(Cl)cc(OCc2ccccc2C(F)(F)F)c1. The maximum absolute atomic E-state index is 13.0. The first kappa shape index (κ1) is 18.1. The minimum absolute atomic E-state index is 0.0114. The molecule has 0 radical (unpaired) electrons. The highest BCUT2D eigenvalue weighted by molar-refractivity contribution is 6.31. The summed E-state index contributed by atoms with van der Waals surface area (Å²) < 4.78 is 49.1. The Balaban J connectivity index is 2.20. The number of hydrogen-bond acceptors (Lipinski definition) is 3. The predicted octanol–water partition coefficient (Wildman–Crippen LogP) is 5.11. The number of halogens is 4. The van der Waals surface area contributed by atoms with E-state index < -0.39 is 17.7 Å². The fourth-order valence-corrected chi connectivity index (χ4v) is 2.29. The fraction of sp³-hybridized carbons (Fsp3) is 0.235. The summed E-state index contributed by atoms with van der Waals surface area (Å²) in [5, 5.41) is 0.222. The summed E-state index contributed by atoms with van der Waals surface area (Å²) in [7, 11) is 0. The molecule has 0 aliphatic carbocycles. The van der Waals surface area contributed by atoms with Crippen LogP contribution in [-0.4, -0.2) is 12.6 Å². The van der Waals surface area contributed by atoms with Crippen LogP contribution in [0.1, 0.15) is 28.4 Å². The second kappa shape index (κ2) is 7.57. The number of benzene rings is 2. The van der Waals surface area contributed by atoms with E-state index in [1.807, 2.05) is 0 Å². The highest BCUT2D eigenvalue weighted by Gasteiger charge is 2.33. The van der Waals surface area contributed by atoms with Crippen molar-refractivity contribution in [2.24, 2.45) is 0 Å². The van der Waals surface area contributed by atoms with Gasteiger partial charge in [-0.2, -0.15) is 13.2 Å². The van der Waals surface area contributed by atoms with E-state index in [0.29, 0.717) is 0 Å². The highest BCUT2D eigenvalue weighted by Crippen LogP contribution is 2.32. The first-order valence-corrected chi connectivity index (χ1v) is 7.44. The Morgan fingerprint density at radius 1 is 1.17 bits per heavy atom. The van der Waals surface area contributed by atoms with E-state index in [9.17, 15) is 18.0 Å². The largest absolute Gasteiger partial charge is 0.489 e. The van der Waals surface area contributed by atoms with Gasteiger partial charge in [0.15, 0.2) is 0 Å². The summed E-state index contributed by atoms with van der Waals surface area (Å²) in [4.78, 5) is 11.7. The Morgan fingerprint density at radius 2 is 1.88 bits per heavy atom. The molecule has 0 unspecified atom stereocenters. The highest BCUT2D eigenvalue weighted by atomic mass is 35.5. The average molecular weight is 359 g/mol. The molecular formula is C17H14ClF3O3. The molecule has 0 aliphatic rings. The zero-order valence-electron chi connectivity index (χ0n) is 12.7. The van der Waals surface area contributed by atoms with Crippen LogP contribution in [0.2, 0.25) is 5.02 Å². The predicted molar refractivity (Wildman–Crippen MR) is 83.2 cm³/mol. The topological polar surface area (TPSA) is 35.5 Å². The molecule has 0 amide bonds. The summed E-state index contributed by atoms with van der Waals surface area (Å²) in [6, 6.07) is 9.32. The number of hydrogen-bond donors (Lipinski definition) is 0. The summed E-state index contributed by atoms with van der Waals surface area (Å²) >= 11 is 5.91. The second-order valence-electron chi connectivity index (χ2n) is 4.84. The molecule has 2 rings (SSSR count). The average Bonchev–Trinajstić information content (AvgIpc) is 2.52. The molecule has 0 saturated carbocycles. The van der Waals surface area contributed by atoms with Crippen molar-refractivity contribution < 1.29 is 27.4 Å². The lowest BCUT2D eigenvalue weighted by atomic mass is 10.1. The van der Waals surface area contributed by atoms with Gasteiger partial charge in [-0.05, 0) is 31.2 Å². The standard InChI is InChI=1S/C17H14ClF3O3/c1-2-23-16(22)12-7-13(18)9-14(8-12)24-10-11-5-3-4-6-15(11)17(19,20)21/h3-9H,2,10H2,1H3. The van der Waals surface area contributed by atoms with Gasteiger partial charge in [0.05, 0.1) is 17.7 Å². The Bertz CT molecular complexity index is 729. The van der Waals surface area contributed by atoms with Crippen molar-refractivity contribution in [2.75, 3.05) is 6.61 Å².